The van der Waals surface area contributed by atoms with Crippen molar-refractivity contribution >= 4 is 28.3 Å². The molecule has 2 rings (SSSR count). The molecule has 2 amide bonds. The third kappa shape index (κ3) is 4.96. The number of aromatic nitrogens is 1. The van der Waals surface area contributed by atoms with E-state index in [4.69, 9.17) is 4.74 Å². The molecule has 0 spiro atoms. The number of thiazole rings is 1. The molecule has 1 aliphatic rings. The van der Waals surface area contributed by atoms with Crippen LogP contribution in [-0.4, -0.2) is 36.1 Å². The Morgan fingerprint density at radius 3 is 3.00 bits per heavy atom. The average Bonchev–Trinajstić information content (AvgIpc) is 3.10. The maximum absolute atomic E-state index is 11.7. The summed E-state index contributed by atoms with van der Waals surface area (Å²) in [6, 6.07) is 0. The van der Waals surface area contributed by atoms with Crippen LogP contribution in [0.4, 0.5) is 5.13 Å². The van der Waals surface area contributed by atoms with E-state index in [0.29, 0.717) is 17.7 Å². The minimum absolute atomic E-state index is 0.0739. The quantitative estimate of drug-likeness (QED) is 0.782. The SMILES string of the molecule is CC(OCC1CC1)C(=O)NCC(=O)Nc1nccs1. The van der Waals surface area contributed by atoms with Gasteiger partial charge in [-0.1, -0.05) is 0 Å². The van der Waals surface area contributed by atoms with Crippen molar-refractivity contribution in [2.24, 2.45) is 5.92 Å². The van der Waals surface area contributed by atoms with Gasteiger partial charge in [-0.3, -0.25) is 9.59 Å². The summed E-state index contributed by atoms with van der Waals surface area (Å²) in [6.07, 6.45) is 3.45. The molecule has 0 saturated heterocycles. The lowest BCUT2D eigenvalue weighted by molar-refractivity contribution is -0.133. The predicted molar refractivity (Wildman–Crippen MR) is 71.9 cm³/mol. The largest absolute Gasteiger partial charge is 0.368 e. The van der Waals surface area contributed by atoms with Crippen molar-refractivity contribution < 1.29 is 14.3 Å². The van der Waals surface area contributed by atoms with Crippen LogP contribution in [0.15, 0.2) is 11.6 Å². The fourth-order valence-electron chi connectivity index (χ4n) is 1.40. The Balaban J connectivity index is 1.62. The molecule has 1 aliphatic carbocycles. The molecule has 1 atom stereocenters. The molecule has 1 unspecified atom stereocenters. The highest BCUT2D eigenvalue weighted by atomic mass is 32.1. The number of hydrogen-bond acceptors (Lipinski definition) is 5. The maximum atomic E-state index is 11.7. The molecule has 7 heteroatoms. The van der Waals surface area contributed by atoms with Crippen molar-refractivity contribution in [1.82, 2.24) is 10.3 Å². The highest BCUT2D eigenvalue weighted by Crippen LogP contribution is 2.29. The Hall–Kier alpha value is -1.47. The molecule has 19 heavy (non-hydrogen) atoms. The van der Waals surface area contributed by atoms with Crippen molar-refractivity contribution in [3.05, 3.63) is 11.6 Å². The normalized spacial score (nSPS) is 15.8. The van der Waals surface area contributed by atoms with Gasteiger partial charge in [-0.2, -0.15) is 0 Å². The number of rotatable bonds is 7. The molecule has 0 radical (unpaired) electrons. The number of anilines is 1. The first kappa shape index (κ1) is 14.0. The first-order valence-corrected chi connectivity index (χ1v) is 7.12. The third-order valence-corrected chi connectivity index (χ3v) is 3.44. The summed E-state index contributed by atoms with van der Waals surface area (Å²) in [4.78, 5) is 27.1. The van der Waals surface area contributed by atoms with Crippen LogP contribution in [0.2, 0.25) is 0 Å². The Kier molecular flexibility index (Phi) is 4.86. The van der Waals surface area contributed by atoms with Gasteiger partial charge in [-0.15, -0.1) is 11.3 Å². The summed E-state index contributed by atoms with van der Waals surface area (Å²) in [7, 11) is 0. The average molecular weight is 283 g/mol. The smallest absolute Gasteiger partial charge is 0.249 e. The van der Waals surface area contributed by atoms with E-state index >= 15 is 0 Å². The summed E-state index contributed by atoms with van der Waals surface area (Å²) < 4.78 is 5.41. The molecule has 0 aliphatic heterocycles. The lowest BCUT2D eigenvalue weighted by Gasteiger charge is -2.12. The number of nitrogens with one attached hydrogen (secondary N) is 2. The van der Waals surface area contributed by atoms with E-state index in [-0.39, 0.29) is 18.4 Å². The number of carbonyl (C=O) groups excluding carboxylic acids is 2. The number of ether oxygens (including phenoxy) is 1. The second kappa shape index (κ2) is 6.63. The fourth-order valence-corrected chi connectivity index (χ4v) is 1.95. The van der Waals surface area contributed by atoms with Crippen molar-refractivity contribution in [2.75, 3.05) is 18.5 Å². The zero-order valence-corrected chi connectivity index (χ0v) is 11.5. The lowest BCUT2D eigenvalue weighted by Crippen LogP contribution is -2.39. The van der Waals surface area contributed by atoms with Crippen LogP contribution >= 0.6 is 11.3 Å². The Bertz CT molecular complexity index is 431. The second-order valence-corrected chi connectivity index (χ2v) is 5.42. The summed E-state index contributed by atoms with van der Waals surface area (Å²) in [5.41, 5.74) is 0. The molecule has 1 aromatic heterocycles. The van der Waals surface area contributed by atoms with Gasteiger partial charge >= 0.3 is 0 Å². The topological polar surface area (TPSA) is 80.3 Å². The van der Waals surface area contributed by atoms with E-state index in [9.17, 15) is 9.59 Å². The minimum Gasteiger partial charge on any atom is -0.368 e. The van der Waals surface area contributed by atoms with Gasteiger partial charge in [-0.05, 0) is 25.7 Å². The second-order valence-electron chi connectivity index (χ2n) is 4.52. The first-order valence-electron chi connectivity index (χ1n) is 6.24. The van der Waals surface area contributed by atoms with Gasteiger partial charge in [0.1, 0.15) is 6.10 Å². The highest BCUT2D eigenvalue weighted by molar-refractivity contribution is 7.13. The van der Waals surface area contributed by atoms with E-state index in [1.807, 2.05) is 0 Å². The van der Waals surface area contributed by atoms with Gasteiger partial charge in [0.2, 0.25) is 11.8 Å². The van der Waals surface area contributed by atoms with E-state index in [0.717, 1.165) is 0 Å². The molecular formula is C12H17N3O3S. The fraction of sp³-hybridized carbons (Fsp3) is 0.583. The molecule has 2 N–H and O–H groups in total. The van der Waals surface area contributed by atoms with Crippen molar-refractivity contribution in [2.45, 2.75) is 25.9 Å². The van der Waals surface area contributed by atoms with Crippen LogP contribution in [0, 0.1) is 5.92 Å². The summed E-state index contributed by atoms with van der Waals surface area (Å²) in [5, 5.41) is 7.42. The molecular weight excluding hydrogens is 266 g/mol. The van der Waals surface area contributed by atoms with E-state index in [1.165, 1.54) is 24.2 Å². The van der Waals surface area contributed by atoms with E-state index in [1.54, 1.807) is 18.5 Å². The Morgan fingerprint density at radius 1 is 1.58 bits per heavy atom. The standard InChI is InChI=1S/C12H17N3O3S/c1-8(18-7-9-2-3-9)11(17)14-6-10(16)15-12-13-4-5-19-12/h4-5,8-9H,2-3,6-7H2,1H3,(H,14,17)(H,13,15,16). The molecule has 0 aromatic carbocycles. The first-order chi connectivity index (χ1) is 9.15. The predicted octanol–water partition coefficient (Wildman–Crippen LogP) is 1.01. The molecule has 1 fully saturated rings. The zero-order chi connectivity index (χ0) is 13.7. The summed E-state index contributed by atoms with van der Waals surface area (Å²) in [5.74, 6) is 0.0519. The van der Waals surface area contributed by atoms with Gasteiger partial charge in [0, 0.05) is 11.6 Å². The molecule has 6 nitrogen and oxygen atoms in total. The summed E-state index contributed by atoms with van der Waals surface area (Å²) >= 11 is 1.33. The van der Waals surface area contributed by atoms with Gasteiger partial charge in [-0.25, -0.2) is 4.98 Å². The van der Waals surface area contributed by atoms with Gasteiger partial charge in [0.05, 0.1) is 13.2 Å². The van der Waals surface area contributed by atoms with Crippen molar-refractivity contribution in [3.8, 4) is 0 Å². The maximum Gasteiger partial charge on any atom is 0.249 e. The third-order valence-electron chi connectivity index (χ3n) is 2.75. The van der Waals surface area contributed by atoms with Crippen LogP contribution in [0.3, 0.4) is 0 Å². The Morgan fingerprint density at radius 2 is 2.37 bits per heavy atom. The summed E-state index contributed by atoms with van der Waals surface area (Å²) in [6.45, 7) is 2.24. The van der Waals surface area contributed by atoms with E-state index < -0.39 is 6.10 Å². The number of nitrogens with zero attached hydrogens (tertiary/aromatic N) is 1. The molecule has 1 heterocycles. The minimum atomic E-state index is -0.520. The van der Waals surface area contributed by atoms with Gasteiger partial charge in [0.15, 0.2) is 5.13 Å². The number of amides is 2. The van der Waals surface area contributed by atoms with E-state index in [2.05, 4.69) is 15.6 Å². The molecule has 1 aromatic rings. The monoisotopic (exact) mass is 283 g/mol. The lowest BCUT2D eigenvalue weighted by atomic mass is 10.3. The van der Waals surface area contributed by atoms with Crippen LogP contribution in [0.5, 0.6) is 0 Å². The van der Waals surface area contributed by atoms with Crippen molar-refractivity contribution in [3.63, 3.8) is 0 Å². The van der Waals surface area contributed by atoms with Crippen LogP contribution < -0.4 is 10.6 Å². The molecule has 104 valence electrons. The number of hydrogen-bond donors (Lipinski definition) is 2. The van der Waals surface area contributed by atoms with Crippen LogP contribution in [0.1, 0.15) is 19.8 Å². The zero-order valence-electron chi connectivity index (χ0n) is 10.7. The molecule has 0 bridgehead atoms. The van der Waals surface area contributed by atoms with Crippen LogP contribution in [0.25, 0.3) is 0 Å². The molecule has 1 saturated carbocycles. The Labute approximate surface area is 115 Å². The number of carbonyl (C=O) groups is 2. The van der Waals surface area contributed by atoms with Crippen molar-refractivity contribution in [1.29, 1.82) is 0 Å². The van der Waals surface area contributed by atoms with Crippen LogP contribution in [-0.2, 0) is 14.3 Å². The van der Waals surface area contributed by atoms with Gasteiger partial charge in [0.25, 0.3) is 0 Å². The van der Waals surface area contributed by atoms with Gasteiger partial charge < -0.3 is 15.4 Å². The highest BCUT2D eigenvalue weighted by Gasteiger charge is 2.24.